The summed E-state index contributed by atoms with van der Waals surface area (Å²) in [6, 6.07) is 8.32. The summed E-state index contributed by atoms with van der Waals surface area (Å²) >= 11 is 0. The Balaban J connectivity index is 2.05. The number of hydrogen-bond donors (Lipinski definition) is 1. The van der Waals surface area contributed by atoms with Gasteiger partial charge in [-0.3, -0.25) is 4.79 Å². The molecule has 1 amide bonds. The molecule has 0 spiro atoms. The van der Waals surface area contributed by atoms with E-state index in [1.807, 2.05) is 0 Å². The molecule has 20 heavy (non-hydrogen) atoms. The van der Waals surface area contributed by atoms with E-state index in [-0.39, 0.29) is 5.91 Å². The van der Waals surface area contributed by atoms with Crippen LogP contribution in [0.1, 0.15) is 16.1 Å². The van der Waals surface area contributed by atoms with Crippen molar-refractivity contribution in [1.29, 1.82) is 0 Å². The lowest BCUT2D eigenvalue weighted by atomic mass is 10.2. The number of carbonyl (C=O) groups excluding carboxylic acids is 1. The fourth-order valence-electron chi connectivity index (χ4n) is 1.56. The Morgan fingerprint density at radius 2 is 2.05 bits per heavy atom. The average Bonchev–Trinajstić information content (AvgIpc) is 2.99. The van der Waals surface area contributed by atoms with E-state index in [0.29, 0.717) is 22.8 Å². The molecule has 1 N–H and O–H groups in total. The molecule has 2 rings (SSSR count). The van der Waals surface area contributed by atoms with Gasteiger partial charge in [0.05, 0.1) is 26.7 Å². The maximum atomic E-state index is 11.9. The van der Waals surface area contributed by atoms with E-state index >= 15 is 0 Å². The molecule has 1 aromatic carbocycles. The molecule has 1 heterocycles. The zero-order valence-corrected chi connectivity index (χ0v) is 11.1. The molecule has 0 radical (unpaired) electrons. The lowest BCUT2D eigenvalue weighted by molar-refractivity contribution is 0.0954. The summed E-state index contributed by atoms with van der Waals surface area (Å²) in [6.45, 7) is 0. The first kappa shape index (κ1) is 13.7. The van der Waals surface area contributed by atoms with Crippen LogP contribution in [0.4, 0.5) is 0 Å². The summed E-state index contributed by atoms with van der Waals surface area (Å²) in [4.78, 5) is 11.9. The molecule has 0 unspecified atom stereocenters. The summed E-state index contributed by atoms with van der Waals surface area (Å²) in [5.74, 6) is 1.24. The second-order valence-electron chi connectivity index (χ2n) is 3.78. The number of nitrogens with zero attached hydrogens (tertiary/aromatic N) is 1. The average molecular weight is 274 g/mol. The highest BCUT2D eigenvalue weighted by Gasteiger charge is 2.09. The highest BCUT2D eigenvalue weighted by atomic mass is 16.5. The second kappa shape index (κ2) is 6.42. The highest BCUT2D eigenvalue weighted by molar-refractivity contribution is 5.95. The van der Waals surface area contributed by atoms with E-state index in [1.165, 1.54) is 26.7 Å². The molecule has 0 bridgehead atoms. The van der Waals surface area contributed by atoms with E-state index in [9.17, 15) is 4.79 Å². The lowest BCUT2D eigenvalue weighted by Gasteiger charge is -2.08. The van der Waals surface area contributed by atoms with Crippen molar-refractivity contribution in [2.75, 3.05) is 14.2 Å². The molecule has 6 heteroatoms. The van der Waals surface area contributed by atoms with Gasteiger partial charge in [0.25, 0.3) is 5.91 Å². The normalized spacial score (nSPS) is 10.5. The van der Waals surface area contributed by atoms with Crippen LogP contribution in [0, 0.1) is 0 Å². The van der Waals surface area contributed by atoms with Crippen LogP contribution >= 0.6 is 0 Å². The molecule has 104 valence electrons. The molecule has 0 atom stereocenters. The molecule has 0 saturated heterocycles. The van der Waals surface area contributed by atoms with Gasteiger partial charge in [0, 0.05) is 5.56 Å². The number of amides is 1. The van der Waals surface area contributed by atoms with Gasteiger partial charge in [0.15, 0.2) is 11.5 Å². The van der Waals surface area contributed by atoms with Gasteiger partial charge in [-0.05, 0) is 30.3 Å². The first-order valence-corrected chi connectivity index (χ1v) is 5.83. The molecular weight excluding hydrogens is 260 g/mol. The summed E-state index contributed by atoms with van der Waals surface area (Å²) in [7, 11) is 3.04. The third kappa shape index (κ3) is 3.17. The van der Waals surface area contributed by atoms with Crippen molar-refractivity contribution in [2.24, 2.45) is 5.10 Å². The van der Waals surface area contributed by atoms with Crippen LogP contribution in [-0.4, -0.2) is 26.3 Å². The van der Waals surface area contributed by atoms with Crippen molar-refractivity contribution in [1.82, 2.24) is 5.43 Å². The third-order valence-corrected chi connectivity index (χ3v) is 2.55. The van der Waals surface area contributed by atoms with Crippen molar-refractivity contribution in [3.05, 3.63) is 47.9 Å². The van der Waals surface area contributed by atoms with Crippen LogP contribution in [-0.2, 0) is 0 Å². The number of rotatable bonds is 5. The molecule has 0 fully saturated rings. The third-order valence-electron chi connectivity index (χ3n) is 2.55. The minimum absolute atomic E-state index is 0.353. The van der Waals surface area contributed by atoms with Crippen molar-refractivity contribution in [3.63, 3.8) is 0 Å². The summed E-state index contributed by atoms with van der Waals surface area (Å²) in [6.07, 6.45) is 2.94. The first-order valence-electron chi connectivity index (χ1n) is 5.83. The molecule has 0 aliphatic carbocycles. The van der Waals surface area contributed by atoms with Gasteiger partial charge < -0.3 is 13.9 Å². The number of benzene rings is 1. The minimum atomic E-state index is -0.353. The Bertz CT molecular complexity index is 606. The van der Waals surface area contributed by atoms with Crippen LogP contribution < -0.4 is 14.9 Å². The lowest BCUT2D eigenvalue weighted by Crippen LogP contribution is -2.17. The van der Waals surface area contributed by atoms with Gasteiger partial charge in [0.2, 0.25) is 0 Å². The van der Waals surface area contributed by atoms with Crippen LogP contribution in [0.2, 0.25) is 0 Å². The van der Waals surface area contributed by atoms with Gasteiger partial charge in [-0.25, -0.2) is 5.43 Å². The van der Waals surface area contributed by atoms with Gasteiger partial charge in [-0.15, -0.1) is 0 Å². The standard InChI is InChI=1S/C14H14N2O4/c1-18-12-6-5-10(8-13(12)19-2)14(17)16-15-9-11-4-3-7-20-11/h3-9H,1-2H3,(H,16,17). The van der Waals surface area contributed by atoms with Gasteiger partial charge in [-0.1, -0.05) is 0 Å². The molecule has 0 aliphatic heterocycles. The topological polar surface area (TPSA) is 73.1 Å². The number of furan rings is 1. The maximum Gasteiger partial charge on any atom is 0.271 e. The van der Waals surface area contributed by atoms with Crippen molar-refractivity contribution in [2.45, 2.75) is 0 Å². The molecule has 6 nitrogen and oxygen atoms in total. The zero-order valence-electron chi connectivity index (χ0n) is 11.1. The fraction of sp³-hybridized carbons (Fsp3) is 0.143. The van der Waals surface area contributed by atoms with Crippen LogP contribution in [0.15, 0.2) is 46.1 Å². The van der Waals surface area contributed by atoms with E-state index < -0.39 is 0 Å². The Morgan fingerprint density at radius 3 is 2.70 bits per heavy atom. The maximum absolute atomic E-state index is 11.9. The molecule has 1 aromatic heterocycles. The SMILES string of the molecule is COc1ccc(C(=O)NN=Cc2ccco2)cc1OC. The number of nitrogens with one attached hydrogen (secondary N) is 1. The van der Waals surface area contributed by atoms with Crippen molar-refractivity contribution >= 4 is 12.1 Å². The van der Waals surface area contributed by atoms with Gasteiger partial charge in [-0.2, -0.15) is 5.10 Å². The number of hydrazone groups is 1. The van der Waals surface area contributed by atoms with E-state index in [4.69, 9.17) is 13.9 Å². The minimum Gasteiger partial charge on any atom is -0.493 e. The Labute approximate surface area is 116 Å². The van der Waals surface area contributed by atoms with E-state index in [2.05, 4.69) is 10.5 Å². The quantitative estimate of drug-likeness (QED) is 0.669. The fourth-order valence-corrected chi connectivity index (χ4v) is 1.56. The molecule has 0 aliphatic rings. The van der Waals surface area contributed by atoms with Crippen molar-refractivity contribution < 1.29 is 18.7 Å². The van der Waals surface area contributed by atoms with Crippen LogP contribution in [0.25, 0.3) is 0 Å². The molecular formula is C14H14N2O4. The number of methoxy groups -OCH3 is 2. The Morgan fingerprint density at radius 1 is 1.25 bits per heavy atom. The van der Waals surface area contributed by atoms with Crippen LogP contribution in [0.3, 0.4) is 0 Å². The molecule has 2 aromatic rings. The summed E-state index contributed by atoms with van der Waals surface area (Å²) in [5.41, 5.74) is 2.82. The number of carbonyl (C=O) groups is 1. The van der Waals surface area contributed by atoms with Gasteiger partial charge in [0.1, 0.15) is 5.76 Å². The first-order chi connectivity index (χ1) is 9.74. The second-order valence-corrected chi connectivity index (χ2v) is 3.78. The Kier molecular flexibility index (Phi) is 4.39. The zero-order chi connectivity index (χ0) is 14.4. The highest BCUT2D eigenvalue weighted by Crippen LogP contribution is 2.27. The van der Waals surface area contributed by atoms with Crippen LogP contribution in [0.5, 0.6) is 11.5 Å². The van der Waals surface area contributed by atoms with E-state index in [0.717, 1.165) is 0 Å². The molecule has 0 saturated carbocycles. The number of ether oxygens (including phenoxy) is 2. The Hall–Kier alpha value is -2.76. The van der Waals surface area contributed by atoms with Gasteiger partial charge >= 0.3 is 0 Å². The summed E-state index contributed by atoms with van der Waals surface area (Å²) < 4.78 is 15.3. The van der Waals surface area contributed by atoms with E-state index in [1.54, 1.807) is 30.3 Å². The predicted molar refractivity (Wildman–Crippen MR) is 73.3 cm³/mol. The smallest absolute Gasteiger partial charge is 0.271 e. The summed E-state index contributed by atoms with van der Waals surface area (Å²) in [5, 5.41) is 3.80. The largest absolute Gasteiger partial charge is 0.493 e. The van der Waals surface area contributed by atoms with Crippen molar-refractivity contribution in [3.8, 4) is 11.5 Å². The predicted octanol–water partition coefficient (Wildman–Crippen LogP) is 2.06. The number of hydrogen-bond acceptors (Lipinski definition) is 5. The monoisotopic (exact) mass is 274 g/mol.